The topological polar surface area (TPSA) is 40.5 Å². The lowest BCUT2D eigenvalue weighted by molar-refractivity contribution is -0.133. The van der Waals surface area contributed by atoms with Gasteiger partial charge in [-0.15, -0.1) is 11.8 Å². The summed E-state index contributed by atoms with van der Waals surface area (Å²) >= 11 is 1.69. The summed E-state index contributed by atoms with van der Waals surface area (Å²) in [6.07, 6.45) is 8.33. The SMILES string of the molecule is CC(C)CCN1C=CC=C(C(=O)O)C1SC(C)CCc1ccc(F)cc1. The highest BCUT2D eigenvalue weighted by molar-refractivity contribution is 8.00. The lowest BCUT2D eigenvalue weighted by Gasteiger charge is -2.34. The molecule has 3 nitrogen and oxygen atoms in total. The number of hydrogen-bond donors (Lipinski definition) is 1. The lowest BCUT2D eigenvalue weighted by atomic mass is 10.1. The van der Waals surface area contributed by atoms with E-state index >= 15 is 0 Å². The van der Waals surface area contributed by atoms with E-state index in [0.29, 0.717) is 16.7 Å². The van der Waals surface area contributed by atoms with E-state index in [2.05, 4.69) is 25.7 Å². The molecular formula is C21H28FNO2S. The minimum atomic E-state index is -0.855. The average Bonchev–Trinajstić information content (AvgIpc) is 2.60. The molecule has 1 aromatic carbocycles. The summed E-state index contributed by atoms with van der Waals surface area (Å²) in [7, 11) is 0. The van der Waals surface area contributed by atoms with Gasteiger partial charge in [0.15, 0.2) is 0 Å². The standard InChI is InChI=1S/C21H28FNO2S/c1-15(2)12-14-23-13-4-5-19(21(24)25)20(23)26-16(3)6-7-17-8-10-18(22)11-9-17/h4-5,8-11,13,15-16,20H,6-7,12,14H2,1-3H3,(H,24,25). The van der Waals surface area contributed by atoms with E-state index in [1.165, 1.54) is 12.1 Å². The smallest absolute Gasteiger partial charge is 0.334 e. The number of thioether (sulfide) groups is 1. The number of aryl methyl sites for hydroxylation is 1. The third kappa shape index (κ3) is 6.20. The second-order valence-corrected chi connectivity index (χ2v) is 8.68. The van der Waals surface area contributed by atoms with Crippen LogP contribution in [0.2, 0.25) is 0 Å². The number of hydrogen-bond acceptors (Lipinski definition) is 3. The summed E-state index contributed by atoms with van der Waals surface area (Å²) in [5.41, 5.74) is 1.54. The number of allylic oxidation sites excluding steroid dienone is 2. The van der Waals surface area contributed by atoms with Gasteiger partial charge in [0.25, 0.3) is 0 Å². The van der Waals surface area contributed by atoms with E-state index in [1.807, 2.05) is 24.4 Å². The van der Waals surface area contributed by atoms with E-state index in [-0.39, 0.29) is 11.2 Å². The van der Waals surface area contributed by atoms with Crippen LogP contribution in [0.25, 0.3) is 0 Å². The van der Waals surface area contributed by atoms with Crippen molar-refractivity contribution in [3.05, 3.63) is 59.6 Å². The van der Waals surface area contributed by atoms with E-state index in [4.69, 9.17) is 0 Å². The molecule has 0 saturated carbocycles. The van der Waals surface area contributed by atoms with E-state index in [0.717, 1.165) is 31.4 Å². The Balaban J connectivity index is 1.98. The fraction of sp³-hybridized carbons (Fsp3) is 0.476. The number of halogens is 1. The van der Waals surface area contributed by atoms with Gasteiger partial charge >= 0.3 is 5.97 Å². The highest BCUT2D eigenvalue weighted by atomic mass is 32.2. The Morgan fingerprint density at radius 3 is 2.54 bits per heavy atom. The minimum Gasteiger partial charge on any atom is -0.478 e. The van der Waals surface area contributed by atoms with Gasteiger partial charge in [0.05, 0.1) is 5.57 Å². The van der Waals surface area contributed by atoms with Crippen molar-refractivity contribution in [3.63, 3.8) is 0 Å². The first-order valence-corrected chi connectivity index (χ1v) is 10.1. The van der Waals surface area contributed by atoms with Crippen molar-refractivity contribution in [1.82, 2.24) is 4.90 Å². The zero-order valence-electron chi connectivity index (χ0n) is 15.7. The van der Waals surface area contributed by atoms with E-state index < -0.39 is 5.97 Å². The quantitative estimate of drug-likeness (QED) is 0.650. The molecule has 0 aliphatic carbocycles. The average molecular weight is 378 g/mol. The molecule has 1 aliphatic rings. The van der Waals surface area contributed by atoms with Gasteiger partial charge in [-0.05, 0) is 55.0 Å². The van der Waals surface area contributed by atoms with Gasteiger partial charge in [0, 0.05) is 18.0 Å². The summed E-state index contributed by atoms with van der Waals surface area (Å²) in [6, 6.07) is 6.59. The van der Waals surface area contributed by atoms with Crippen molar-refractivity contribution in [2.24, 2.45) is 5.92 Å². The Morgan fingerprint density at radius 2 is 1.92 bits per heavy atom. The number of carbonyl (C=O) groups is 1. The van der Waals surface area contributed by atoms with Gasteiger partial charge in [0.1, 0.15) is 11.2 Å². The Kier molecular flexibility index (Phi) is 7.76. The lowest BCUT2D eigenvalue weighted by Crippen LogP contribution is -2.36. The normalized spacial score (nSPS) is 18.1. The van der Waals surface area contributed by atoms with Crippen LogP contribution < -0.4 is 0 Å². The fourth-order valence-corrected chi connectivity index (χ4v) is 4.18. The largest absolute Gasteiger partial charge is 0.478 e. The van der Waals surface area contributed by atoms with Crippen molar-refractivity contribution in [3.8, 4) is 0 Å². The molecule has 0 amide bonds. The molecule has 5 heteroatoms. The van der Waals surface area contributed by atoms with Crippen molar-refractivity contribution in [2.75, 3.05) is 6.54 Å². The van der Waals surface area contributed by atoms with Crippen molar-refractivity contribution in [2.45, 2.75) is 50.7 Å². The van der Waals surface area contributed by atoms with Gasteiger partial charge < -0.3 is 10.0 Å². The van der Waals surface area contributed by atoms with Gasteiger partial charge in [-0.25, -0.2) is 9.18 Å². The summed E-state index contributed by atoms with van der Waals surface area (Å²) in [5, 5.41) is 9.70. The highest BCUT2D eigenvalue weighted by Crippen LogP contribution is 2.32. The van der Waals surface area contributed by atoms with Crippen molar-refractivity contribution in [1.29, 1.82) is 0 Å². The number of carboxylic acid groups (broad SMARTS) is 1. The number of nitrogens with zero attached hydrogens (tertiary/aromatic N) is 1. The minimum absolute atomic E-state index is 0.167. The zero-order chi connectivity index (χ0) is 19.1. The van der Waals surface area contributed by atoms with Crippen LogP contribution in [0, 0.1) is 11.7 Å². The zero-order valence-corrected chi connectivity index (χ0v) is 16.5. The monoisotopic (exact) mass is 377 g/mol. The number of aliphatic carboxylic acids is 1. The van der Waals surface area contributed by atoms with Crippen LogP contribution in [0.4, 0.5) is 4.39 Å². The Labute approximate surface area is 160 Å². The number of carboxylic acids is 1. The first-order valence-electron chi connectivity index (χ1n) is 9.14. The van der Waals surface area contributed by atoms with Crippen LogP contribution in [-0.4, -0.2) is 33.1 Å². The maximum atomic E-state index is 13.0. The Bertz CT molecular complexity index is 654. The van der Waals surface area contributed by atoms with Crippen LogP contribution in [-0.2, 0) is 11.2 Å². The Morgan fingerprint density at radius 1 is 1.23 bits per heavy atom. The second kappa shape index (κ2) is 9.81. The third-order valence-corrected chi connectivity index (χ3v) is 5.93. The molecule has 2 unspecified atom stereocenters. The summed E-state index contributed by atoms with van der Waals surface area (Å²) in [4.78, 5) is 13.8. The number of benzene rings is 1. The molecule has 1 aromatic rings. The molecule has 2 rings (SSSR count). The highest BCUT2D eigenvalue weighted by Gasteiger charge is 2.29. The molecule has 0 radical (unpaired) electrons. The van der Waals surface area contributed by atoms with Gasteiger partial charge in [0.2, 0.25) is 0 Å². The maximum Gasteiger partial charge on any atom is 0.334 e. The molecule has 1 aliphatic heterocycles. The van der Waals surface area contributed by atoms with Gasteiger partial charge in [-0.1, -0.05) is 32.9 Å². The van der Waals surface area contributed by atoms with Crippen molar-refractivity contribution < 1.29 is 14.3 Å². The second-order valence-electron chi connectivity index (χ2n) is 7.15. The molecule has 142 valence electrons. The van der Waals surface area contributed by atoms with Crippen LogP contribution in [0.15, 0.2) is 48.2 Å². The van der Waals surface area contributed by atoms with Crippen LogP contribution in [0.3, 0.4) is 0 Å². The van der Waals surface area contributed by atoms with E-state index in [9.17, 15) is 14.3 Å². The van der Waals surface area contributed by atoms with Crippen LogP contribution >= 0.6 is 11.8 Å². The molecule has 0 bridgehead atoms. The van der Waals surface area contributed by atoms with Crippen LogP contribution in [0.5, 0.6) is 0 Å². The van der Waals surface area contributed by atoms with Gasteiger partial charge in [-0.2, -0.15) is 0 Å². The maximum absolute atomic E-state index is 13.0. The predicted octanol–water partition coefficient (Wildman–Crippen LogP) is 5.09. The molecule has 1 heterocycles. The third-order valence-electron chi connectivity index (χ3n) is 4.45. The molecular weight excluding hydrogens is 349 g/mol. The first kappa shape index (κ1) is 20.6. The Hall–Kier alpha value is -1.75. The summed E-state index contributed by atoms with van der Waals surface area (Å²) < 4.78 is 13.0. The molecule has 0 saturated heterocycles. The molecule has 26 heavy (non-hydrogen) atoms. The molecule has 0 fully saturated rings. The fourth-order valence-electron chi connectivity index (χ4n) is 2.83. The summed E-state index contributed by atoms with van der Waals surface area (Å²) in [5.74, 6) is -0.501. The summed E-state index contributed by atoms with van der Waals surface area (Å²) in [6.45, 7) is 7.33. The first-order chi connectivity index (χ1) is 12.4. The van der Waals surface area contributed by atoms with Gasteiger partial charge in [-0.3, -0.25) is 0 Å². The molecule has 0 aromatic heterocycles. The van der Waals surface area contributed by atoms with Crippen LogP contribution in [0.1, 0.15) is 39.2 Å². The number of rotatable bonds is 9. The predicted molar refractivity (Wildman–Crippen MR) is 107 cm³/mol. The van der Waals surface area contributed by atoms with Crippen molar-refractivity contribution >= 4 is 17.7 Å². The molecule has 0 spiro atoms. The molecule has 2 atom stereocenters. The van der Waals surface area contributed by atoms with E-state index in [1.54, 1.807) is 17.8 Å². The molecule has 1 N–H and O–H groups in total.